The molecule has 1 aliphatic heterocycles. The van der Waals surface area contributed by atoms with Crippen LogP contribution in [0.3, 0.4) is 0 Å². The van der Waals surface area contributed by atoms with Crippen LogP contribution in [0.25, 0.3) is 0 Å². The molecule has 1 N–H and O–H groups in total. The number of ether oxygens (including phenoxy) is 1. The molecular formula is C13H25NO3. The number of aliphatic carboxylic acids is 1. The molecule has 1 fully saturated rings. The van der Waals surface area contributed by atoms with Crippen LogP contribution in [0.5, 0.6) is 0 Å². The topological polar surface area (TPSA) is 49.8 Å². The summed E-state index contributed by atoms with van der Waals surface area (Å²) in [6.45, 7) is 7.19. The molecular weight excluding hydrogens is 218 g/mol. The van der Waals surface area contributed by atoms with Gasteiger partial charge in [-0.05, 0) is 45.6 Å². The van der Waals surface area contributed by atoms with E-state index in [4.69, 9.17) is 9.84 Å². The Bertz CT molecular complexity index is 253. The van der Waals surface area contributed by atoms with Crippen LogP contribution in [0, 0.1) is 5.92 Å². The van der Waals surface area contributed by atoms with Crippen LogP contribution in [-0.2, 0) is 9.53 Å². The second-order valence-electron chi connectivity index (χ2n) is 5.42. The van der Waals surface area contributed by atoms with Gasteiger partial charge in [0.05, 0.1) is 0 Å². The highest BCUT2D eigenvalue weighted by molar-refractivity contribution is 5.67. The molecule has 0 spiro atoms. The largest absolute Gasteiger partial charge is 0.481 e. The van der Waals surface area contributed by atoms with E-state index in [-0.39, 0.29) is 17.9 Å². The summed E-state index contributed by atoms with van der Waals surface area (Å²) in [7, 11) is 1.72. The van der Waals surface area contributed by atoms with Crippen molar-refractivity contribution < 1.29 is 14.6 Å². The van der Waals surface area contributed by atoms with Crippen molar-refractivity contribution in [3.05, 3.63) is 0 Å². The zero-order chi connectivity index (χ0) is 12.9. The Hall–Kier alpha value is -0.610. The summed E-state index contributed by atoms with van der Waals surface area (Å²) in [5, 5.41) is 8.96. The number of carboxylic acid groups (broad SMARTS) is 1. The number of rotatable bonds is 6. The number of carbonyl (C=O) groups is 1. The molecule has 1 unspecified atom stereocenters. The fourth-order valence-corrected chi connectivity index (χ4v) is 2.79. The SMILES string of the molecule is COCCCN1CCCC(CC(=O)O)C1(C)C. The van der Waals surface area contributed by atoms with Crippen LogP contribution in [0.4, 0.5) is 0 Å². The summed E-state index contributed by atoms with van der Waals surface area (Å²) in [4.78, 5) is 13.3. The van der Waals surface area contributed by atoms with Gasteiger partial charge in [0.15, 0.2) is 0 Å². The number of methoxy groups -OCH3 is 1. The predicted molar refractivity (Wildman–Crippen MR) is 67.1 cm³/mol. The van der Waals surface area contributed by atoms with Gasteiger partial charge in [0.2, 0.25) is 0 Å². The lowest BCUT2D eigenvalue weighted by molar-refractivity contribution is -0.140. The van der Waals surface area contributed by atoms with E-state index in [1.165, 1.54) is 0 Å². The van der Waals surface area contributed by atoms with Crippen molar-refractivity contribution in [3.63, 3.8) is 0 Å². The first-order chi connectivity index (χ1) is 7.98. The summed E-state index contributed by atoms with van der Waals surface area (Å²) >= 11 is 0. The Kier molecular flexibility index (Phi) is 5.40. The Morgan fingerprint density at radius 1 is 1.53 bits per heavy atom. The predicted octanol–water partition coefficient (Wildman–Crippen LogP) is 1.99. The minimum absolute atomic E-state index is 0.00954. The first kappa shape index (κ1) is 14.5. The molecule has 0 bridgehead atoms. The van der Waals surface area contributed by atoms with Crippen molar-refractivity contribution in [1.29, 1.82) is 0 Å². The van der Waals surface area contributed by atoms with Gasteiger partial charge in [-0.2, -0.15) is 0 Å². The Labute approximate surface area is 104 Å². The average Bonchev–Trinajstić information content (AvgIpc) is 2.23. The molecule has 1 aliphatic rings. The molecule has 0 aliphatic carbocycles. The lowest BCUT2D eigenvalue weighted by Crippen LogP contribution is -2.54. The highest BCUT2D eigenvalue weighted by Gasteiger charge is 2.38. The highest BCUT2D eigenvalue weighted by Crippen LogP contribution is 2.35. The van der Waals surface area contributed by atoms with Gasteiger partial charge in [-0.1, -0.05) is 0 Å². The molecule has 1 rings (SSSR count). The molecule has 1 heterocycles. The quantitative estimate of drug-likeness (QED) is 0.725. The summed E-state index contributed by atoms with van der Waals surface area (Å²) in [5.41, 5.74) is -0.00954. The van der Waals surface area contributed by atoms with Crippen LogP contribution >= 0.6 is 0 Å². The third-order valence-corrected chi connectivity index (χ3v) is 3.99. The lowest BCUT2D eigenvalue weighted by atomic mass is 9.77. The Balaban J connectivity index is 2.56. The molecule has 0 amide bonds. The van der Waals surface area contributed by atoms with Crippen LogP contribution in [0.1, 0.15) is 39.5 Å². The van der Waals surface area contributed by atoms with Gasteiger partial charge >= 0.3 is 5.97 Å². The van der Waals surface area contributed by atoms with Crippen molar-refractivity contribution in [2.75, 3.05) is 26.8 Å². The molecule has 0 radical (unpaired) electrons. The van der Waals surface area contributed by atoms with E-state index in [2.05, 4.69) is 18.7 Å². The van der Waals surface area contributed by atoms with Gasteiger partial charge in [0.1, 0.15) is 0 Å². The van der Waals surface area contributed by atoms with Gasteiger partial charge in [-0.3, -0.25) is 9.69 Å². The molecule has 0 saturated carbocycles. The normalized spacial score (nSPS) is 24.8. The molecule has 4 heteroatoms. The zero-order valence-corrected chi connectivity index (χ0v) is 11.2. The van der Waals surface area contributed by atoms with Crippen molar-refractivity contribution >= 4 is 5.97 Å². The molecule has 17 heavy (non-hydrogen) atoms. The molecule has 0 aromatic heterocycles. The Morgan fingerprint density at radius 3 is 2.82 bits per heavy atom. The van der Waals surface area contributed by atoms with E-state index in [9.17, 15) is 4.79 Å². The maximum Gasteiger partial charge on any atom is 0.303 e. The van der Waals surface area contributed by atoms with Gasteiger partial charge in [-0.25, -0.2) is 0 Å². The van der Waals surface area contributed by atoms with E-state index in [0.717, 1.165) is 39.0 Å². The second-order valence-corrected chi connectivity index (χ2v) is 5.42. The summed E-state index contributed by atoms with van der Waals surface area (Å²) in [5.74, 6) is -0.418. The standard InChI is InChI=1S/C13H25NO3/c1-13(2)11(10-12(15)16)6-4-7-14(13)8-5-9-17-3/h11H,4-10H2,1-3H3,(H,15,16). The van der Waals surface area contributed by atoms with Gasteiger partial charge < -0.3 is 9.84 Å². The molecule has 1 saturated heterocycles. The maximum absolute atomic E-state index is 10.9. The fraction of sp³-hybridized carbons (Fsp3) is 0.923. The molecule has 100 valence electrons. The van der Waals surface area contributed by atoms with Crippen molar-refractivity contribution in [3.8, 4) is 0 Å². The first-order valence-corrected chi connectivity index (χ1v) is 6.44. The smallest absolute Gasteiger partial charge is 0.303 e. The molecule has 4 nitrogen and oxygen atoms in total. The van der Waals surface area contributed by atoms with E-state index < -0.39 is 5.97 Å². The van der Waals surface area contributed by atoms with Crippen LogP contribution in [0.15, 0.2) is 0 Å². The number of nitrogens with zero attached hydrogens (tertiary/aromatic N) is 1. The number of hydrogen-bond donors (Lipinski definition) is 1. The van der Waals surface area contributed by atoms with E-state index in [1.807, 2.05) is 0 Å². The minimum Gasteiger partial charge on any atom is -0.481 e. The maximum atomic E-state index is 10.9. The fourth-order valence-electron chi connectivity index (χ4n) is 2.79. The van der Waals surface area contributed by atoms with E-state index in [1.54, 1.807) is 7.11 Å². The lowest BCUT2D eigenvalue weighted by Gasteiger charge is -2.48. The van der Waals surface area contributed by atoms with Crippen molar-refractivity contribution in [2.24, 2.45) is 5.92 Å². The van der Waals surface area contributed by atoms with Crippen LogP contribution in [-0.4, -0.2) is 48.3 Å². The van der Waals surface area contributed by atoms with Gasteiger partial charge in [0, 0.05) is 32.2 Å². The Morgan fingerprint density at radius 2 is 2.24 bits per heavy atom. The number of carboxylic acids is 1. The highest BCUT2D eigenvalue weighted by atomic mass is 16.5. The first-order valence-electron chi connectivity index (χ1n) is 6.44. The number of likely N-dealkylation sites (tertiary alicyclic amines) is 1. The van der Waals surface area contributed by atoms with Gasteiger partial charge in [0.25, 0.3) is 0 Å². The van der Waals surface area contributed by atoms with Gasteiger partial charge in [-0.15, -0.1) is 0 Å². The molecule has 1 atom stereocenters. The summed E-state index contributed by atoms with van der Waals surface area (Å²) in [6, 6.07) is 0. The summed E-state index contributed by atoms with van der Waals surface area (Å²) < 4.78 is 5.07. The third kappa shape index (κ3) is 3.96. The second kappa shape index (κ2) is 6.36. The molecule has 0 aromatic carbocycles. The number of piperidine rings is 1. The average molecular weight is 243 g/mol. The monoisotopic (exact) mass is 243 g/mol. The van der Waals surface area contributed by atoms with Crippen molar-refractivity contribution in [2.45, 2.75) is 45.1 Å². The minimum atomic E-state index is -0.679. The van der Waals surface area contributed by atoms with E-state index >= 15 is 0 Å². The van der Waals surface area contributed by atoms with E-state index in [0.29, 0.717) is 0 Å². The zero-order valence-electron chi connectivity index (χ0n) is 11.2. The third-order valence-electron chi connectivity index (χ3n) is 3.99. The molecule has 0 aromatic rings. The van der Waals surface area contributed by atoms with Crippen molar-refractivity contribution in [1.82, 2.24) is 4.90 Å². The number of hydrogen-bond acceptors (Lipinski definition) is 3. The summed E-state index contributed by atoms with van der Waals surface area (Å²) in [6.07, 6.45) is 3.43. The van der Waals surface area contributed by atoms with Crippen LogP contribution < -0.4 is 0 Å². The van der Waals surface area contributed by atoms with Crippen LogP contribution in [0.2, 0.25) is 0 Å².